The molecule has 2 aromatic rings. The number of hydrogen-bond donors (Lipinski definition) is 1. The topological polar surface area (TPSA) is 77.1 Å². The van der Waals surface area contributed by atoms with Crippen LogP contribution in [0.15, 0.2) is 36.4 Å². The molecule has 128 valence electrons. The van der Waals surface area contributed by atoms with Crippen LogP contribution in [-0.2, 0) is 4.79 Å². The van der Waals surface area contributed by atoms with Crippen molar-refractivity contribution in [3.05, 3.63) is 42.0 Å². The Labute approximate surface area is 144 Å². The Morgan fingerprint density at radius 2 is 2.00 bits per heavy atom. The molecule has 2 aliphatic heterocycles. The Balaban J connectivity index is 1.76. The molecule has 0 radical (unpaired) electrons. The minimum Gasteiger partial charge on any atom is -0.493 e. The summed E-state index contributed by atoms with van der Waals surface area (Å²) in [5.41, 5.74) is 1.63. The second-order valence-corrected chi connectivity index (χ2v) is 5.66. The van der Waals surface area contributed by atoms with Crippen molar-refractivity contribution >= 4 is 23.2 Å². The van der Waals surface area contributed by atoms with Crippen molar-refractivity contribution in [2.75, 3.05) is 37.1 Å². The second kappa shape index (κ2) is 6.01. The minimum atomic E-state index is -0.308. The highest BCUT2D eigenvalue weighted by molar-refractivity contribution is 6.15. The van der Waals surface area contributed by atoms with E-state index in [1.165, 1.54) is 12.0 Å². The molecule has 7 heteroatoms. The molecule has 0 atom stereocenters. The van der Waals surface area contributed by atoms with Crippen LogP contribution in [0.1, 0.15) is 10.4 Å². The van der Waals surface area contributed by atoms with E-state index in [4.69, 9.17) is 14.2 Å². The lowest BCUT2D eigenvalue weighted by Crippen LogP contribution is -2.42. The fourth-order valence-corrected chi connectivity index (χ4v) is 2.97. The van der Waals surface area contributed by atoms with Crippen LogP contribution in [0.2, 0.25) is 0 Å². The highest BCUT2D eigenvalue weighted by Crippen LogP contribution is 2.41. The molecule has 0 unspecified atom stereocenters. The van der Waals surface area contributed by atoms with Gasteiger partial charge in [-0.15, -0.1) is 0 Å². The van der Waals surface area contributed by atoms with Crippen molar-refractivity contribution in [3.63, 3.8) is 0 Å². The maximum atomic E-state index is 13.1. The first kappa shape index (κ1) is 15.3. The quantitative estimate of drug-likeness (QED) is 0.906. The summed E-state index contributed by atoms with van der Waals surface area (Å²) in [4.78, 5) is 26.5. The van der Waals surface area contributed by atoms with Gasteiger partial charge >= 0.3 is 0 Å². The SMILES string of the molecule is COc1cc(C(=O)N2CC(=O)Nc3ccccc32)cc2c1OCCO2. The van der Waals surface area contributed by atoms with Gasteiger partial charge in [0.15, 0.2) is 11.5 Å². The summed E-state index contributed by atoms with van der Waals surface area (Å²) < 4.78 is 16.5. The molecule has 0 fully saturated rings. The number of methoxy groups -OCH3 is 1. The summed E-state index contributed by atoms with van der Waals surface area (Å²) in [7, 11) is 1.51. The zero-order valence-corrected chi connectivity index (χ0v) is 13.6. The molecule has 2 heterocycles. The predicted molar refractivity (Wildman–Crippen MR) is 90.7 cm³/mol. The number of nitrogens with one attached hydrogen (secondary N) is 1. The van der Waals surface area contributed by atoms with Crippen LogP contribution in [0.25, 0.3) is 0 Å². The number of ether oxygens (including phenoxy) is 3. The number of anilines is 2. The van der Waals surface area contributed by atoms with Gasteiger partial charge in [0, 0.05) is 5.56 Å². The largest absolute Gasteiger partial charge is 0.493 e. The Bertz CT molecular complexity index is 847. The van der Waals surface area contributed by atoms with Gasteiger partial charge in [-0.2, -0.15) is 0 Å². The molecular weight excluding hydrogens is 324 g/mol. The van der Waals surface area contributed by atoms with Gasteiger partial charge in [0.2, 0.25) is 11.7 Å². The van der Waals surface area contributed by atoms with Gasteiger partial charge in [0.05, 0.1) is 18.5 Å². The normalized spacial score (nSPS) is 15.2. The molecule has 25 heavy (non-hydrogen) atoms. The Morgan fingerprint density at radius 1 is 1.20 bits per heavy atom. The lowest BCUT2D eigenvalue weighted by Gasteiger charge is -2.29. The van der Waals surface area contributed by atoms with Gasteiger partial charge in [-0.05, 0) is 24.3 Å². The number of amides is 2. The van der Waals surface area contributed by atoms with E-state index >= 15 is 0 Å². The van der Waals surface area contributed by atoms with Crippen molar-refractivity contribution in [3.8, 4) is 17.2 Å². The van der Waals surface area contributed by atoms with Crippen molar-refractivity contribution < 1.29 is 23.8 Å². The van der Waals surface area contributed by atoms with Crippen LogP contribution in [0.4, 0.5) is 11.4 Å². The van der Waals surface area contributed by atoms with E-state index in [2.05, 4.69) is 5.32 Å². The average molecular weight is 340 g/mol. The predicted octanol–water partition coefficient (Wildman–Crippen LogP) is 2.07. The van der Waals surface area contributed by atoms with E-state index in [-0.39, 0.29) is 18.4 Å². The number of carbonyl (C=O) groups is 2. The number of para-hydroxylation sites is 2. The molecule has 2 aliphatic rings. The van der Waals surface area contributed by atoms with Gasteiger partial charge in [-0.1, -0.05) is 12.1 Å². The lowest BCUT2D eigenvalue weighted by molar-refractivity contribution is -0.115. The second-order valence-electron chi connectivity index (χ2n) is 5.66. The van der Waals surface area contributed by atoms with E-state index < -0.39 is 0 Å². The Morgan fingerprint density at radius 3 is 2.84 bits per heavy atom. The zero-order chi connectivity index (χ0) is 17.4. The number of carbonyl (C=O) groups excluding carboxylic acids is 2. The van der Waals surface area contributed by atoms with Crippen LogP contribution >= 0.6 is 0 Å². The number of nitrogens with zero attached hydrogens (tertiary/aromatic N) is 1. The van der Waals surface area contributed by atoms with Crippen LogP contribution in [0.3, 0.4) is 0 Å². The lowest BCUT2D eigenvalue weighted by atomic mass is 10.1. The third-order valence-electron chi connectivity index (χ3n) is 4.09. The summed E-state index contributed by atoms with van der Waals surface area (Å²) in [6, 6.07) is 10.4. The van der Waals surface area contributed by atoms with Crippen LogP contribution in [0, 0.1) is 0 Å². The fourth-order valence-electron chi connectivity index (χ4n) is 2.97. The summed E-state index contributed by atoms with van der Waals surface area (Å²) in [6.45, 7) is 0.783. The van der Waals surface area contributed by atoms with E-state index in [0.29, 0.717) is 47.4 Å². The molecule has 7 nitrogen and oxygen atoms in total. The van der Waals surface area contributed by atoms with E-state index in [9.17, 15) is 9.59 Å². The number of benzene rings is 2. The van der Waals surface area contributed by atoms with Crippen molar-refractivity contribution in [1.82, 2.24) is 0 Å². The van der Waals surface area contributed by atoms with Crippen molar-refractivity contribution in [1.29, 1.82) is 0 Å². The smallest absolute Gasteiger partial charge is 0.259 e. The van der Waals surface area contributed by atoms with Gasteiger partial charge < -0.3 is 19.5 Å². The first-order valence-electron chi connectivity index (χ1n) is 7.86. The Hall–Kier alpha value is -3.22. The van der Waals surface area contributed by atoms with Crippen LogP contribution in [-0.4, -0.2) is 38.7 Å². The van der Waals surface area contributed by atoms with Gasteiger partial charge in [-0.25, -0.2) is 0 Å². The van der Waals surface area contributed by atoms with Crippen LogP contribution in [0.5, 0.6) is 17.2 Å². The number of rotatable bonds is 2. The molecule has 0 aromatic heterocycles. The standard InChI is InChI=1S/C18H16N2O5/c1-23-14-8-11(9-15-17(14)25-7-6-24-15)18(22)20-10-16(21)19-12-4-2-3-5-13(12)20/h2-5,8-9H,6-7,10H2,1H3,(H,19,21). The number of fused-ring (bicyclic) bond motifs is 2. The molecule has 4 rings (SSSR count). The molecule has 0 saturated heterocycles. The molecule has 0 saturated carbocycles. The molecule has 2 aromatic carbocycles. The number of hydrogen-bond acceptors (Lipinski definition) is 5. The molecule has 0 aliphatic carbocycles. The summed E-state index contributed by atoms with van der Waals surface area (Å²) >= 11 is 0. The first-order chi connectivity index (χ1) is 12.2. The average Bonchev–Trinajstić information content (AvgIpc) is 2.65. The van der Waals surface area contributed by atoms with E-state index in [1.54, 1.807) is 30.3 Å². The minimum absolute atomic E-state index is 0.0490. The van der Waals surface area contributed by atoms with Gasteiger partial charge in [0.25, 0.3) is 5.91 Å². The third kappa shape index (κ3) is 2.63. The van der Waals surface area contributed by atoms with Crippen LogP contribution < -0.4 is 24.4 Å². The fraction of sp³-hybridized carbons (Fsp3) is 0.222. The van der Waals surface area contributed by atoms with Crippen molar-refractivity contribution in [2.24, 2.45) is 0 Å². The molecular formula is C18H16N2O5. The third-order valence-corrected chi connectivity index (χ3v) is 4.09. The molecule has 0 bridgehead atoms. The summed E-state index contributed by atoms with van der Waals surface area (Å²) in [5, 5.41) is 2.77. The monoisotopic (exact) mass is 340 g/mol. The maximum absolute atomic E-state index is 13.1. The molecule has 0 spiro atoms. The Kier molecular flexibility index (Phi) is 3.68. The van der Waals surface area contributed by atoms with Gasteiger partial charge in [-0.3, -0.25) is 14.5 Å². The van der Waals surface area contributed by atoms with Gasteiger partial charge in [0.1, 0.15) is 19.8 Å². The van der Waals surface area contributed by atoms with Crippen molar-refractivity contribution in [2.45, 2.75) is 0 Å². The zero-order valence-electron chi connectivity index (χ0n) is 13.6. The maximum Gasteiger partial charge on any atom is 0.259 e. The summed E-state index contributed by atoms with van der Waals surface area (Å²) in [6.07, 6.45) is 0. The first-order valence-corrected chi connectivity index (χ1v) is 7.86. The molecule has 1 N–H and O–H groups in total. The van der Waals surface area contributed by atoms with E-state index in [1.807, 2.05) is 6.07 Å². The highest BCUT2D eigenvalue weighted by atomic mass is 16.6. The van der Waals surface area contributed by atoms with E-state index in [0.717, 1.165) is 0 Å². The highest BCUT2D eigenvalue weighted by Gasteiger charge is 2.29. The molecule has 2 amide bonds. The summed E-state index contributed by atoms with van der Waals surface area (Å²) in [5.74, 6) is 0.829.